The average molecular weight is 203 g/mol. The molecule has 0 radical (unpaired) electrons. The molecule has 0 fully saturated rings. The van der Waals surface area contributed by atoms with E-state index in [-0.39, 0.29) is 5.56 Å². The van der Waals surface area contributed by atoms with Gasteiger partial charge in [0.1, 0.15) is 5.65 Å². The summed E-state index contributed by atoms with van der Waals surface area (Å²) in [5.41, 5.74) is 7.92. The average Bonchev–Trinajstić information content (AvgIpc) is 2.17. The van der Waals surface area contributed by atoms with Crippen LogP contribution >= 0.6 is 0 Å². The molecule has 0 saturated carbocycles. The number of nitrogens with zero attached hydrogens (tertiary/aromatic N) is 2. The predicted octanol–water partition coefficient (Wildman–Crippen LogP) is 0.504. The number of rotatable bonds is 2. The zero-order valence-corrected chi connectivity index (χ0v) is 8.60. The molecule has 0 aliphatic carbocycles. The molecule has 0 amide bonds. The zero-order valence-electron chi connectivity index (χ0n) is 8.60. The first kappa shape index (κ1) is 9.86. The number of hydrogen-bond donors (Lipinski definition) is 1. The van der Waals surface area contributed by atoms with Gasteiger partial charge in [0.05, 0.1) is 0 Å². The molecule has 0 aliphatic rings. The summed E-state index contributed by atoms with van der Waals surface area (Å²) in [6.45, 7) is 2.48. The van der Waals surface area contributed by atoms with Gasteiger partial charge in [0.25, 0.3) is 5.56 Å². The minimum atomic E-state index is -0.0524. The van der Waals surface area contributed by atoms with Gasteiger partial charge in [-0.15, -0.1) is 0 Å². The fourth-order valence-corrected chi connectivity index (χ4v) is 1.53. The third kappa shape index (κ3) is 1.89. The molecule has 2 N–H and O–H groups in total. The van der Waals surface area contributed by atoms with E-state index < -0.39 is 0 Å². The minimum absolute atomic E-state index is 0.0524. The van der Waals surface area contributed by atoms with E-state index in [9.17, 15) is 4.79 Å². The maximum atomic E-state index is 11.7. The van der Waals surface area contributed by atoms with Gasteiger partial charge < -0.3 is 5.73 Å². The Balaban J connectivity index is 2.68. The first-order chi connectivity index (χ1) is 7.20. The Morgan fingerprint density at radius 1 is 1.47 bits per heavy atom. The molecule has 2 aromatic heterocycles. The summed E-state index contributed by atoms with van der Waals surface area (Å²) in [6.07, 6.45) is 2.38. The molecule has 2 aromatic rings. The van der Waals surface area contributed by atoms with Crippen LogP contribution < -0.4 is 11.3 Å². The second-order valence-corrected chi connectivity index (χ2v) is 3.56. The van der Waals surface area contributed by atoms with E-state index in [0.717, 1.165) is 11.3 Å². The van der Waals surface area contributed by atoms with E-state index in [0.29, 0.717) is 18.6 Å². The van der Waals surface area contributed by atoms with Gasteiger partial charge in [-0.3, -0.25) is 9.20 Å². The Hall–Kier alpha value is -1.68. The maximum Gasteiger partial charge on any atom is 0.258 e. The summed E-state index contributed by atoms with van der Waals surface area (Å²) in [5.74, 6) is 0. The lowest BCUT2D eigenvalue weighted by Crippen LogP contribution is -2.17. The van der Waals surface area contributed by atoms with Crippen LogP contribution in [0.15, 0.2) is 29.2 Å². The van der Waals surface area contributed by atoms with Gasteiger partial charge in [-0.2, -0.15) is 0 Å². The van der Waals surface area contributed by atoms with Crippen molar-refractivity contribution in [3.05, 3.63) is 46.0 Å². The van der Waals surface area contributed by atoms with Crippen molar-refractivity contribution in [3.8, 4) is 0 Å². The summed E-state index contributed by atoms with van der Waals surface area (Å²) in [7, 11) is 0. The Morgan fingerprint density at radius 2 is 2.27 bits per heavy atom. The van der Waals surface area contributed by atoms with Crippen LogP contribution in [0.5, 0.6) is 0 Å². The molecule has 2 heterocycles. The smallest absolute Gasteiger partial charge is 0.258 e. The third-order valence-electron chi connectivity index (χ3n) is 2.28. The highest BCUT2D eigenvalue weighted by Gasteiger charge is 2.01. The van der Waals surface area contributed by atoms with Crippen LogP contribution in [0.4, 0.5) is 0 Å². The molecule has 0 aromatic carbocycles. The molecule has 0 aliphatic heterocycles. The molecule has 2 rings (SSSR count). The van der Waals surface area contributed by atoms with Gasteiger partial charge in [0, 0.05) is 24.4 Å². The van der Waals surface area contributed by atoms with Crippen molar-refractivity contribution in [2.24, 2.45) is 5.73 Å². The van der Waals surface area contributed by atoms with E-state index in [4.69, 9.17) is 5.73 Å². The highest BCUT2D eigenvalue weighted by atomic mass is 16.1. The molecule has 15 heavy (non-hydrogen) atoms. The van der Waals surface area contributed by atoms with Gasteiger partial charge in [-0.05, 0) is 31.2 Å². The van der Waals surface area contributed by atoms with E-state index in [1.807, 2.05) is 19.1 Å². The maximum absolute atomic E-state index is 11.7. The highest BCUT2D eigenvalue weighted by molar-refractivity contribution is 5.41. The lowest BCUT2D eigenvalue weighted by atomic mass is 10.2. The summed E-state index contributed by atoms with van der Waals surface area (Å²) in [5, 5.41) is 0. The summed E-state index contributed by atoms with van der Waals surface area (Å²) in [4.78, 5) is 16.0. The van der Waals surface area contributed by atoms with Gasteiger partial charge in [0.2, 0.25) is 0 Å². The highest BCUT2D eigenvalue weighted by Crippen LogP contribution is 2.02. The Bertz CT molecular complexity index is 545. The first-order valence-corrected chi connectivity index (χ1v) is 4.90. The molecule has 0 bridgehead atoms. The Kier molecular flexibility index (Phi) is 2.51. The lowest BCUT2D eigenvalue weighted by molar-refractivity contribution is 0.900. The van der Waals surface area contributed by atoms with Gasteiger partial charge in [-0.1, -0.05) is 0 Å². The van der Waals surface area contributed by atoms with E-state index >= 15 is 0 Å². The van der Waals surface area contributed by atoms with Crippen molar-refractivity contribution >= 4 is 5.65 Å². The number of nitrogens with two attached hydrogens (primary N) is 1. The zero-order chi connectivity index (χ0) is 10.8. The molecular formula is C11H13N3O. The second-order valence-electron chi connectivity index (χ2n) is 3.56. The van der Waals surface area contributed by atoms with E-state index in [1.54, 1.807) is 6.20 Å². The molecule has 78 valence electrons. The third-order valence-corrected chi connectivity index (χ3v) is 2.28. The van der Waals surface area contributed by atoms with Crippen LogP contribution in [0.1, 0.15) is 11.3 Å². The van der Waals surface area contributed by atoms with Crippen molar-refractivity contribution in [2.75, 3.05) is 6.54 Å². The fraction of sp³-hybridized carbons (Fsp3) is 0.273. The van der Waals surface area contributed by atoms with Crippen molar-refractivity contribution in [2.45, 2.75) is 13.3 Å². The lowest BCUT2D eigenvalue weighted by Gasteiger charge is -2.03. The molecule has 4 heteroatoms. The summed E-state index contributed by atoms with van der Waals surface area (Å²) < 4.78 is 1.53. The van der Waals surface area contributed by atoms with E-state index in [1.165, 1.54) is 10.5 Å². The Labute approximate surface area is 87.4 Å². The number of aryl methyl sites for hydroxylation is 1. The van der Waals surface area contributed by atoms with Crippen molar-refractivity contribution in [1.82, 2.24) is 9.38 Å². The SMILES string of the molecule is Cc1ccn2c(=O)cc(CCN)nc2c1. The normalized spacial score (nSPS) is 10.8. The molecular weight excluding hydrogens is 190 g/mol. The van der Waals surface area contributed by atoms with Crippen LogP contribution in [-0.2, 0) is 6.42 Å². The van der Waals surface area contributed by atoms with Crippen LogP contribution in [0.2, 0.25) is 0 Å². The van der Waals surface area contributed by atoms with Gasteiger partial charge in [-0.25, -0.2) is 4.98 Å². The minimum Gasteiger partial charge on any atom is -0.330 e. The molecule has 0 unspecified atom stereocenters. The van der Waals surface area contributed by atoms with Gasteiger partial charge >= 0.3 is 0 Å². The fourth-order valence-electron chi connectivity index (χ4n) is 1.53. The van der Waals surface area contributed by atoms with Crippen molar-refractivity contribution < 1.29 is 0 Å². The summed E-state index contributed by atoms with van der Waals surface area (Å²) >= 11 is 0. The molecule has 0 spiro atoms. The number of aromatic nitrogens is 2. The first-order valence-electron chi connectivity index (χ1n) is 4.90. The van der Waals surface area contributed by atoms with E-state index in [2.05, 4.69) is 4.98 Å². The van der Waals surface area contributed by atoms with Crippen LogP contribution in [-0.4, -0.2) is 15.9 Å². The quantitative estimate of drug-likeness (QED) is 0.773. The predicted molar refractivity (Wildman–Crippen MR) is 59.0 cm³/mol. The van der Waals surface area contributed by atoms with Crippen molar-refractivity contribution in [3.63, 3.8) is 0 Å². The second kappa shape index (κ2) is 3.82. The number of hydrogen-bond acceptors (Lipinski definition) is 3. The van der Waals surface area contributed by atoms with Crippen LogP contribution in [0.3, 0.4) is 0 Å². The molecule has 4 nitrogen and oxygen atoms in total. The number of pyridine rings is 1. The van der Waals surface area contributed by atoms with Crippen LogP contribution in [0, 0.1) is 6.92 Å². The Morgan fingerprint density at radius 3 is 3.00 bits per heavy atom. The molecule has 0 atom stereocenters. The van der Waals surface area contributed by atoms with Crippen molar-refractivity contribution in [1.29, 1.82) is 0 Å². The topological polar surface area (TPSA) is 60.4 Å². The van der Waals surface area contributed by atoms with Crippen LogP contribution in [0.25, 0.3) is 5.65 Å². The summed E-state index contributed by atoms with van der Waals surface area (Å²) in [6, 6.07) is 5.31. The molecule has 0 saturated heterocycles. The number of fused-ring (bicyclic) bond motifs is 1. The largest absolute Gasteiger partial charge is 0.330 e. The standard InChI is InChI=1S/C11H13N3O/c1-8-3-5-14-10(6-8)13-9(2-4-12)7-11(14)15/h3,5-7H,2,4,12H2,1H3. The van der Waals surface area contributed by atoms with Gasteiger partial charge in [0.15, 0.2) is 0 Å². The monoisotopic (exact) mass is 203 g/mol.